The molecule has 0 aromatic heterocycles. The highest BCUT2D eigenvalue weighted by atomic mass is 14.5. The van der Waals surface area contributed by atoms with Crippen molar-refractivity contribution in [3.05, 3.63) is 0 Å². The monoisotopic (exact) mass is 1210 g/mol. The Morgan fingerprint density at radius 3 is 0.767 bits per heavy atom. The Hall–Kier alpha value is 0. The molecular formula is C86H180. The van der Waals surface area contributed by atoms with Crippen molar-refractivity contribution in [2.75, 3.05) is 0 Å². The zero-order chi connectivity index (χ0) is 63.6. The molecule has 0 heteroatoms. The topological polar surface area (TPSA) is 0 Å². The van der Waals surface area contributed by atoms with Gasteiger partial charge in [-0.2, -0.15) is 0 Å². The van der Waals surface area contributed by atoms with Crippen molar-refractivity contribution in [1.29, 1.82) is 0 Å². The van der Waals surface area contributed by atoms with Gasteiger partial charge in [-0.1, -0.05) is 366 Å². The van der Waals surface area contributed by atoms with Crippen LogP contribution in [0.4, 0.5) is 0 Å². The van der Waals surface area contributed by atoms with Gasteiger partial charge in [0.15, 0.2) is 0 Å². The Bertz CT molecular complexity index is 1190. The van der Waals surface area contributed by atoms with Crippen molar-refractivity contribution in [3.8, 4) is 0 Å². The van der Waals surface area contributed by atoms with Crippen LogP contribution in [0.5, 0.6) is 0 Å². The lowest BCUT2D eigenvalue weighted by Gasteiger charge is -2.53. The van der Waals surface area contributed by atoms with Crippen LogP contribution in [0, 0.1) is 74.9 Å². The molecule has 0 unspecified atom stereocenters. The summed E-state index contributed by atoms with van der Waals surface area (Å²) >= 11 is 0. The second-order valence-corrected chi connectivity index (χ2v) is 31.5. The molecule has 0 aromatic rings. The van der Waals surface area contributed by atoms with E-state index in [0.29, 0.717) is 5.41 Å². The van der Waals surface area contributed by atoms with Crippen LogP contribution >= 0.6 is 0 Å². The molecule has 8 aliphatic rings. The van der Waals surface area contributed by atoms with E-state index in [0.717, 1.165) is 69.5 Å². The maximum Gasteiger partial charge on any atom is -0.0292 e. The van der Waals surface area contributed by atoms with Crippen molar-refractivity contribution in [2.45, 2.75) is 481 Å². The highest BCUT2D eigenvalue weighted by Gasteiger charge is 2.46. The first-order valence-corrected chi connectivity index (χ1v) is 40.4. The molecule has 8 aliphatic carbocycles. The third-order valence-corrected chi connectivity index (χ3v) is 23.8. The second kappa shape index (κ2) is 58.8. The van der Waals surface area contributed by atoms with Crippen molar-refractivity contribution in [2.24, 2.45) is 74.9 Å². The molecule has 86 heavy (non-hydrogen) atoms. The summed E-state index contributed by atoms with van der Waals surface area (Å²) in [7, 11) is 0. The molecule has 8 fully saturated rings. The Labute approximate surface area is 553 Å². The van der Waals surface area contributed by atoms with E-state index < -0.39 is 0 Å². The van der Waals surface area contributed by atoms with Gasteiger partial charge in [0.05, 0.1) is 0 Å². The molecule has 0 radical (unpaired) electrons. The van der Waals surface area contributed by atoms with Crippen LogP contribution < -0.4 is 0 Å². The summed E-state index contributed by atoms with van der Waals surface area (Å²) < 4.78 is 0. The average molecular weight is 1210 g/mol. The largest absolute Gasteiger partial charge is 0.0776 e. The van der Waals surface area contributed by atoms with E-state index in [1.165, 1.54) is 295 Å². The van der Waals surface area contributed by atoms with Gasteiger partial charge in [0.2, 0.25) is 0 Å². The van der Waals surface area contributed by atoms with E-state index in [1.807, 2.05) is 0 Å². The lowest BCUT2D eigenvalue weighted by Crippen LogP contribution is -2.41. The maximum absolute atomic E-state index is 2.38. The molecular weight excluding hydrogens is 1030 g/mol. The zero-order valence-electron chi connectivity index (χ0n) is 63.6. The summed E-state index contributed by atoms with van der Waals surface area (Å²) in [6, 6.07) is 0. The summed E-state index contributed by atoms with van der Waals surface area (Å²) in [4.78, 5) is 0. The SMILES string of the molecule is C.C.CC1CC2(CCC2)C1.CCC1CC(C)C1.CCC1CC(C)C1.CCCC(CC)(CC)CCC.CCCC(CC)CC.CCCC(CC)CCC.CCCC1(CCC)CCC1.CCCC1(CCC)CCC1.CCCC1CCC1.CCCC1CCC1. The molecule has 0 atom stereocenters. The van der Waals surface area contributed by atoms with Gasteiger partial charge >= 0.3 is 0 Å². The third kappa shape index (κ3) is 42.3. The molecule has 0 aliphatic heterocycles. The maximum atomic E-state index is 2.38. The molecule has 0 nitrogen and oxygen atoms in total. The fraction of sp³-hybridized carbons (Fsp3) is 1.00. The molecule has 8 rings (SSSR count). The Morgan fingerprint density at radius 2 is 0.651 bits per heavy atom. The molecule has 0 N–H and O–H groups in total. The van der Waals surface area contributed by atoms with Crippen molar-refractivity contribution < 1.29 is 0 Å². The highest BCUT2D eigenvalue weighted by Crippen LogP contribution is 2.58. The molecule has 0 bridgehead atoms. The van der Waals surface area contributed by atoms with E-state index >= 15 is 0 Å². The lowest BCUT2D eigenvalue weighted by molar-refractivity contribution is -0.0161. The molecule has 0 heterocycles. The van der Waals surface area contributed by atoms with Gasteiger partial charge in [-0.15, -0.1) is 0 Å². The van der Waals surface area contributed by atoms with Crippen molar-refractivity contribution in [1.82, 2.24) is 0 Å². The van der Waals surface area contributed by atoms with Crippen LogP contribution in [-0.4, -0.2) is 0 Å². The summed E-state index contributed by atoms with van der Waals surface area (Å²) in [5.74, 6) is 9.62. The van der Waals surface area contributed by atoms with Crippen LogP contribution in [0.1, 0.15) is 481 Å². The van der Waals surface area contributed by atoms with E-state index in [-0.39, 0.29) is 14.9 Å². The molecule has 0 saturated heterocycles. The quantitative estimate of drug-likeness (QED) is 0.0700. The number of rotatable bonds is 29. The minimum Gasteiger partial charge on any atom is -0.0776 e. The summed E-state index contributed by atoms with van der Waals surface area (Å²) in [6.45, 7) is 48.4. The molecule has 524 valence electrons. The minimum absolute atomic E-state index is 0. The van der Waals surface area contributed by atoms with E-state index in [4.69, 9.17) is 0 Å². The Balaban J connectivity index is -0.000000435. The predicted molar refractivity (Wildman–Crippen MR) is 405 cm³/mol. The second-order valence-electron chi connectivity index (χ2n) is 31.5. The predicted octanol–water partition coefficient (Wildman–Crippen LogP) is 32.7. The molecule has 8 saturated carbocycles. The third-order valence-electron chi connectivity index (χ3n) is 23.8. The summed E-state index contributed by atoms with van der Waals surface area (Å²) in [6.07, 6.45) is 72.7. The van der Waals surface area contributed by atoms with Gasteiger partial charge in [-0.3, -0.25) is 0 Å². The smallest absolute Gasteiger partial charge is 0.0292 e. The first kappa shape index (κ1) is 92.4. The van der Waals surface area contributed by atoms with Crippen molar-refractivity contribution >= 4 is 0 Å². The van der Waals surface area contributed by atoms with Gasteiger partial charge in [0.25, 0.3) is 0 Å². The van der Waals surface area contributed by atoms with E-state index in [1.54, 1.807) is 25.7 Å². The van der Waals surface area contributed by atoms with Crippen LogP contribution in [0.25, 0.3) is 0 Å². The van der Waals surface area contributed by atoms with Gasteiger partial charge in [-0.05, 0) is 190 Å². The van der Waals surface area contributed by atoms with Crippen LogP contribution in [-0.2, 0) is 0 Å². The Morgan fingerprint density at radius 1 is 0.337 bits per heavy atom. The average Bonchev–Trinajstić information content (AvgIpc) is 3.41. The molecule has 1 spiro atoms. The normalized spacial score (nSPS) is 22.1. The van der Waals surface area contributed by atoms with Crippen LogP contribution in [0.3, 0.4) is 0 Å². The van der Waals surface area contributed by atoms with Gasteiger partial charge < -0.3 is 0 Å². The first-order chi connectivity index (χ1) is 40.4. The highest BCUT2D eigenvalue weighted by molar-refractivity contribution is 4.97. The number of hydrogen-bond donors (Lipinski definition) is 0. The molecule has 0 amide bonds. The van der Waals surface area contributed by atoms with E-state index in [2.05, 4.69) is 145 Å². The fourth-order valence-electron chi connectivity index (χ4n) is 17.0. The van der Waals surface area contributed by atoms with Crippen LogP contribution in [0.2, 0.25) is 0 Å². The first-order valence-electron chi connectivity index (χ1n) is 40.4. The number of hydrogen-bond acceptors (Lipinski definition) is 0. The molecule has 0 aromatic carbocycles. The van der Waals surface area contributed by atoms with Gasteiger partial charge in [0, 0.05) is 0 Å². The van der Waals surface area contributed by atoms with Gasteiger partial charge in [0.1, 0.15) is 0 Å². The Kier molecular flexibility index (Phi) is 63.2. The minimum atomic E-state index is 0. The standard InChI is InChI=1S/C11H24.2C10H20.C9H20.C8H14.C8H18.4C7H14.2CH4/c1-5-9-11(7-3,8-4)10-6-2;2*1-3-6-10(7-4-2)8-5-9-10;1-4-7-9(6-3)8-5-2;1-7-5-8(6-7)3-2-4-8;1-4-7-8(5-2)6-3;2*1-3-7-4-6(2)5-7;2*1-2-4-7-5-3-6-7;;/h5-10H2,1-4H3;2*3-9H2,1-2H3;9H,4-8H2,1-3H3;7H,2-6H2,1H3;8H,4-7H2,1-3H3;2*6-7H,3-5H2,1-2H3;2*7H,2-6H2,1H3;2*1H4. The van der Waals surface area contributed by atoms with Crippen LogP contribution in [0.15, 0.2) is 0 Å². The summed E-state index contributed by atoms with van der Waals surface area (Å²) in [5, 5.41) is 0. The van der Waals surface area contributed by atoms with Gasteiger partial charge in [-0.25, -0.2) is 0 Å². The summed E-state index contributed by atoms with van der Waals surface area (Å²) in [5.41, 5.74) is 3.25. The lowest BCUT2D eigenvalue weighted by atomic mass is 9.52. The zero-order valence-corrected chi connectivity index (χ0v) is 63.6. The van der Waals surface area contributed by atoms with E-state index in [9.17, 15) is 0 Å². The fourth-order valence-corrected chi connectivity index (χ4v) is 17.0. The van der Waals surface area contributed by atoms with Crippen molar-refractivity contribution in [3.63, 3.8) is 0 Å².